The Hall–Kier alpha value is -4.59. The summed E-state index contributed by atoms with van der Waals surface area (Å²) in [4.78, 5) is 34.7. The van der Waals surface area contributed by atoms with E-state index in [0.29, 0.717) is 58.5 Å². The van der Waals surface area contributed by atoms with Crippen molar-refractivity contribution >= 4 is 64.3 Å². The number of piperazine rings is 1. The maximum atomic E-state index is 17.8. The summed E-state index contributed by atoms with van der Waals surface area (Å²) >= 11 is 2.30. The van der Waals surface area contributed by atoms with Gasteiger partial charge in [0.1, 0.15) is 55.0 Å². The van der Waals surface area contributed by atoms with Crippen molar-refractivity contribution in [1.82, 2.24) is 24.8 Å². The Balaban J connectivity index is 1.13. The molecule has 6 heterocycles. The molecule has 0 radical (unpaired) electrons. The molecule has 4 fully saturated rings. The number of aromatic nitrogens is 3. The number of fused-ring (bicyclic) bond motifs is 5. The predicted molar refractivity (Wildman–Crippen MR) is 272 cm³/mol. The molecular formula is C53H63F2IN6O4Si. The highest BCUT2D eigenvalue weighted by Crippen LogP contribution is 2.44. The smallest absolute Gasteiger partial charge is 0.410 e. The minimum absolute atomic E-state index is 0.0157. The van der Waals surface area contributed by atoms with Gasteiger partial charge < -0.3 is 19.1 Å². The van der Waals surface area contributed by atoms with Crippen LogP contribution in [0.5, 0.6) is 11.8 Å². The number of benzene rings is 3. The molecule has 2 bridgehead atoms. The van der Waals surface area contributed by atoms with E-state index < -0.39 is 25.3 Å². The lowest BCUT2D eigenvalue weighted by atomic mass is 9.94. The van der Waals surface area contributed by atoms with Crippen LogP contribution in [-0.2, 0) is 4.74 Å². The van der Waals surface area contributed by atoms with Gasteiger partial charge in [-0.25, -0.2) is 13.6 Å². The summed E-state index contributed by atoms with van der Waals surface area (Å²) in [6.07, 6.45) is 5.65. The zero-order chi connectivity index (χ0) is 47.6. The van der Waals surface area contributed by atoms with Gasteiger partial charge in [-0.15, -0.1) is 5.54 Å². The van der Waals surface area contributed by atoms with Crippen molar-refractivity contribution in [1.29, 1.82) is 0 Å². The molecule has 0 N–H and O–H groups in total. The molecule has 9 rings (SSSR count). The van der Waals surface area contributed by atoms with Gasteiger partial charge in [-0.3, -0.25) is 14.8 Å². The van der Waals surface area contributed by atoms with Gasteiger partial charge >= 0.3 is 12.1 Å². The second-order valence-electron chi connectivity index (χ2n) is 21.1. The standard InChI is InChI=1S/C53H63F2IN6O4Si/c1-32(2)67(33(3)4,34(5)6)24-21-41-44(54)20-17-35-13-10-16-42(45(35)41)47-46(55)48-43(27-57-47)49(60-28-37-18-19-38(29-60)62(37)51(63)66-52(7,8)9)59-50(58-48)64-31-53-22-12-23-61(53)30-40(26-53)65-39-15-11-14-36(56)25-39/h10-11,13-17,20,25,27,32-34,37-38,40H,12,18-19,22-23,26,28-31H2,1-9H3/t37?,38?,40-,53-/m1/s1. The Morgan fingerprint density at radius 2 is 1.67 bits per heavy atom. The van der Waals surface area contributed by atoms with Crippen LogP contribution in [0.1, 0.15) is 100.0 Å². The molecule has 2 unspecified atom stereocenters. The van der Waals surface area contributed by atoms with E-state index in [1.54, 1.807) is 18.3 Å². The number of nitrogens with zero attached hydrogens (tertiary/aromatic N) is 6. The summed E-state index contributed by atoms with van der Waals surface area (Å²) in [5.74, 6) is 3.61. The number of pyridine rings is 1. The van der Waals surface area contributed by atoms with E-state index in [4.69, 9.17) is 29.2 Å². The van der Waals surface area contributed by atoms with E-state index >= 15 is 8.78 Å². The van der Waals surface area contributed by atoms with E-state index in [-0.39, 0.29) is 52.6 Å². The number of hydrogen-bond donors (Lipinski definition) is 0. The largest absolute Gasteiger partial charge is 0.489 e. The number of anilines is 1. The Kier molecular flexibility index (Phi) is 13.0. The number of halogens is 3. The number of carbonyl (C=O) groups excluding carboxylic acids is 1. The van der Waals surface area contributed by atoms with E-state index in [9.17, 15) is 4.79 Å². The van der Waals surface area contributed by atoms with Crippen LogP contribution in [0.2, 0.25) is 16.6 Å². The van der Waals surface area contributed by atoms with Crippen molar-refractivity contribution in [2.24, 2.45) is 0 Å². The SMILES string of the molecule is CC(C)[Si](C#Cc1c(F)ccc2cccc(-c3ncc4c(N5CC6CCC(C5)N6C(=O)OC(C)(C)C)nc(OC[C@]56CCCN5C[C@H](Oc5cccc(I)c5)C6)nc4c3F)c12)(C(C)C)C(C)C. The van der Waals surface area contributed by atoms with Crippen molar-refractivity contribution in [3.05, 3.63) is 81.6 Å². The maximum Gasteiger partial charge on any atom is 0.410 e. The summed E-state index contributed by atoms with van der Waals surface area (Å²) in [6.45, 7) is 22.0. The van der Waals surface area contributed by atoms with Crippen molar-refractivity contribution in [3.8, 4) is 34.5 Å². The highest BCUT2D eigenvalue weighted by molar-refractivity contribution is 14.1. The third-order valence-corrected chi connectivity index (χ3v) is 21.9. The fraction of sp³-hybridized carbons (Fsp3) is 0.509. The minimum atomic E-state index is -2.26. The van der Waals surface area contributed by atoms with Gasteiger partial charge in [-0.2, -0.15) is 9.97 Å². The number of carbonyl (C=O) groups is 1. The van der Waals surface area contributed by atoms with E-state index in [0.717, 1.165) is 59.9 Å². The van der Waals surface area contributed by atoms with Crippen LogP contribution in [0.4, 0.5) is 19.4 Å². The summed E-state index contributed by atoms with van der Waals surface area (Å²) in [5.41, 5.74) is 4.60. The average molecular weight is 1040 g/mol. The first-order chi connectivity index (χ1) is 31.9. The van der Waals surface area contributed by atoms with Crippen LogP contribution in [0.25, 0.3) is 32.9 Å². The molecule has 4 aliphatic rings. The number of hydrogen-bond acceptors (Lipinski definition) is 9. The van der Waals surface area contributed by atoms with E-state index in [1.807, 2.05) is 49.9 Å². The van der Waals surface area contributed by atoms with Gasteiger partial charge in [-0.1, -0.05) is 77.8 Å². The second kappa shape index (κ2) is 18.4. The van der Waals surface area contributed by atoms with E-state index in [2.05, 4.69) is 97.5 Å². The fourth-order valence-electron chi connectivity index (χ4n) is 12.0. The number of rotatable bonds is 10. The number of ether oxygens (including phenoxy) is 3. The molecule has 0 saturated carbocycles. The van der Waals surface area contributed by atoms with Gasteiger partial charge in [-0.05, 0) is 122 Å². The average Bonchev–Trinajstić information content (AvgIpc) is 3.90. The molecule has 10 nitrogen and oxygen atoms in total. The second-order valence-corrected chi connectivity index (χ2v) is 28.0. The first-order valence-corrected chi connectivity index (χ1v) is 27.4. The lowest BCUT2D eigenvalue weighted by Gasteiger charge is -2.42. The van der Waals surface area contributed by atoms with Crippen LogP contribution in [0.15, 0.2) is 60.8 Å². The molecule has 14 heteroatoms. The molecule has 354 valence electrons. The number of amides is 1. The third-order valence-electron chi connectivity index (χ3n) is 14.9. The summed E-state index contributed by atoms with van der Waals surface area (Å²) < 4.78 is 54.2. The Bertz CT molecular complexity index is 2740. The Morgan fingerprint density at radius 1 is 0.955 bits per heavy atom. The lowest BCUT2D eigenvalue weighted by Crippen LogP contribution is -2.57. The molecule has 0 aliphatic carbocycles. The molecule has 2 aromatic heterocycles. The highest BCUT2D eigenvalue weighted by atomic mass is 127. The quantitative estimate of drug-likeness (QED) is 0.0770. The van der Waals surface area contributed by atoms with E-state index in [1.165, 1.54) is 6.07 Å². The predicted octanol–water partition coefficient (Wildman–Crippen LogP) is 12.0. The monoisotopic (exact) mass is 1040 g/mol. The molecule has 1 amide bonds. The van der Waals surface area contributed by atoms with Crippen LogP contribution in [-0.4, -0.2) is 101 Å². The van der Waals surface area contributed by atoms with Crippen molar-refractivity contribution in [2.45, 2.75) is 140 Å². The van der Waals surface area contributed by atoms with Gasteiger partial charge in [0.15, 0.2) is 5.82 Å². The van der Waals surface area contributed by atoms with Crippen LogP contribution in [0, 0.1) is 26.7 Å². The summed E-state index contributed by atoms with van der Waals surface area (Å²) in [5, 5.41) is 1.69. The molecular weight excluding hydrogens is 978 g/mol. The van der Waals surface area contributed by atoms with Crippen LogP contribution >= 0.6 is 22.6 Å². The van der Waals surface area contributed by atoms with Gasteiger partial charge in [0.05, 0.1) is 28.6 Å². The first-order valence-electron chi connectivity index (χ1n) is 24.0. The molecule has 5 aromatic rings. The van der Waals surface area contributed by atoms with Crippen LogP contribution in [0.3, 0.4) is 0 Å². The van der Waals surface area contributed by atoms with Crippen molar-refractivity contribution in [2.75, 3.05) is 37.7 Å². The van der Waals surface area contributed by atoms with Crippen molar-refractivity contribution in [3.63, 3.8) is 0 Å². The molecule has 4 atom stereocenters. The van der Waals surface area contributed by atoms with Gasteiger partial charge in [0, 0.05) is 46.8 Å². The van der Waals surface area contributed by atoms with Crippen LogP contribution < -0.4 is 14.4 Å². The minimum Gasteiger partial charge on any atom is -0.489 e. The molecule has 3 aromatic carbocycles. The Morgan fingerprint density at radius 3 is 2.36 bits per heavy atom. The maximum absolute atomic E-state index is 17.8. The van der Waals surface area contributed by atoms with Crippen molar-refractivity contribution < 1.29 is 27.8 Å². The normalized spacial score (nSPS) is 22.0. The molecule has 4 aliphatic heterocycles. The summed E-state index contributed by atoms with van der Waals surface area (Å²) in [7, 11) is -2.26. The van der Waals surface area contributed by atoms with Gasteiger partial charge in [0.25, 0.3) is 0 Å². The highest BCUT2D eigenvalue weighted by Gasteiger charge is 2.51. The topological polar surface area (TPSA) is 93.2 Å². The summed E-state index contributed by atoms with van der Waals surface area (Å²) in [6, 6.07) is 16.6. The fourth-order valence-corrected chi connectivity index (χ4v) is 17.7. The molecule has 67 heavy (non-hydrogen) atoms. The zero-order valence-corrected chi connectivity index (χ0v) is 43.4. The third kappa shape index (κ3) is 8.97. The van der Waals surface area contributed by atoms with Gasteiger partial charge in [0.2, 0.25) is 0 Å². The zero-order valence-electron chi connectivity index (χ0n) is 40.3. The first kappa shape index (κ1) is 47.5. The lowest BCUT2D eigenvalue weighted by molar-refractivity contribution is 0.0122. The molecule has 4 saturated heterocycles. The molecule has 0 spiro atoms. The Labute approximate surface area is 408 Å².